The summed E-state index contributed by atoms with van der Waals surface area (Å²) in [7, 11) is 0. The second-order valence-electron chi connectivity index (χ2n) is 2.04. The summed E-state index contributed by atoms with van der Waals surface area (Å²) in [6.45, 7) is 0.972. The number of carbonyl (C=O) groups is 1. The Balaban J connectivity index is 2.72. The highest BCUT2D eigenvalue weighted by molar-refractivity contribution is 9.14. The van der Waals surface area contributed by atoms with Crippen molar-refractivity contribution < 1.29 is 19.4 Å². The molecule has 1 rings (SSSR count). The van der Waals surface area contributed by atoms with Crippen LogP contribution >= 0.6 is 31.9 Å². The molecule has 0 aliphatic carbocycles. The first-order valence-corrected chi connectivity index (χ1v) is 4.73. The zero-order valence-corrected chi connectivity index (χ0v) is 9.09. The van der Waals surface area contributed by atoms with Crippen LogP contribution in [0, 0.1) is 0 Å². The number of hydrogen-bond donors (Lipinski definition) is 1. The van der Waals surface area contributed by atoms with Crippen molar-refractivity contribution in [2.24, 2.45) is 0 Å². The molecule has 0 aromatic heterocycles. The van der Waals surface area contributed by atoms with Gasteiger partial charge in [0.25, 0.3) is 0 Å². The van der Waals surface area contributed by atoms with E-state index < -0.39 is 12.3 Å². The standard InChI is InChI=1S/C6H6Br2O4/c7-3(5(9)10)4(8)6-11-1-2-12-6/h6H,1-2H2,(H,9,10)/b4-3-. The van der Waals surface area contributed by atoms with Gasteiger partial charge in [-0.1, -0.05) is 0 Å². The Hall–Kier alpha value is 0.0900. The van der Waals surface area contributed by atoms with Gasteiger partial charge in [0, 0.05) is 0 Å². The minimum Gasteiger partial charge on any atom is -0.477 e. The number of rotatable bonds is 2. The van der Waals surface area contributed by atoms with Crippen LogP contribution in [0.5, 0.6) is 0 Å². The van der Waals surface area contributed by atoms with Crippen LogP contribution in [0.1, 0.15) is 0 Å². The first-order valence-electron chi connectivity index (χ1n) is 3.14. The third kappa shape index (κ3) is 2.29. The van der Waals surface area contributed by atoms with Crippen molar-refractivity contribution >= 4 is 37.8 Å². The van der Waals surface area contributed by atoms with E-state index in [1.807, 2.05) is 0 Å². The zero-order valence-electron chi connectivity index (χ0n) is 5.92. The van der Waals surface area contributed by atoms with E-state index in [9.17, 15) is 4.79 Å². The summed E-state index contributed by atoms with van der Waals surface area (Å²) >= 11 is 5.96. The molecule has 1 aliphatic heterocycles. The number of carboxylic acid groups (broad SMARTS) is 1. The molecule has 1 saturated heterocycles. The van der Waals surface area contributed by atoms with Crippen molar-refractivity contribution in [1.82, 2.24) is 0 Å². The summed E-state index contributed by atoms with van der Waals surface area (Å²) in [4.78, 5) is 10.5. The fourth-order valence-corrected chi connectivity index (χ4v) is 1.33. The Morgan fingerprint density at radius 3 is 2.25 bits per heavy atom. The van der Waals surface area contributed by atoms with Crippen LogP contribution in [-0.2, 0) is 14.3 Å². The second-order valence-corrected chi connectivity index (χ2v) is 3.69. The van der Waals surface area contributed by atoms with Gasteiger partial charge in [0.2, 0.25) is 0 Å². The maximum Gasteiger partial charge on any atom is 0.343 e. The smallest absolute Gasteiger partial charge is 0.343 e. The summed E-state index contributed by atoms with van der Waals surface area (Å²) in [5.41, 5.74) is 0. The SMILES string of the molecule is O=C(O)/C(Br)=C(/Br)C1OCCO1. The topological polar surface area (TPSA) is 55.8 Å². The van der Waals surface area contributed by atoms with Crippen molar-refractivity contribution in [3.8, 4) is 0 Å². The molecule has 6 heteroatoms. The molecule has 0 aromatic rings. The number of halogens is 2. The highest BCUT2D eigenvalue weighted by atomic mass is 79.9. The highest BCUT2D eigenvalue weighted by Crippen LogP contribution is 2.26. The molecule has 68 valence electrons. The lowest BCUT2D eigenvalue weighted by molar-refractivity contribution is -0.131. The van der Waals surface area contributed by atoms with E-state index >= 15 is 0 Å². The molecule has 1 aliphatic rings. The molecule has 0 bridgehead atoms. The predicted molar refractivity (Wildman–Crippen MR) is 48.2 cm³/mol. The molecule has 0 atom stereocenters. The minimum absolute atomic E-state index is 0.0226. The monoisotopic (exact) mass is 300 g/mol. The Kier molecular flexibility index (Phi) is 3.70. The van der Waals surface area contributed by atoms with Crippen molar-refractivity contribution in [2.75, 3.05) is 13.2 Å². The molecule has 1 N–H and O–H groups in total. The summed E-state index contributed by atoms with van der Waals surface area (Å²) < 4.78 is 10.5. The van der Waals surface area contributed by atoms with Crippen LogP contribution < -0.4 is 0 Å². The lowest BCUT2D eigenvalue weighted by Gasteiger charge is -2.07. The molecule has 0 spiro atoms. The first kappa shape index (κ1) is 10.2. The maximum absolute atomic E-state index is 10.5. The van der Waals surface area contributed by atoms with Crippen molar-refractivity contribution in [3.05, 3.63) is 8.96 Å². The Labute approximate surface area is 85.8 Å². The molecule has 0 unspecified atom stereocenters. The van der Waals surface area contributed by atoms with Crippen LogP contribution in [0.4, 0.5) is 0 Å². The Bertz CT molecular complexity index is 220. The van der Waals surface area contributed by atoms with Gasteiger partial charge in [0.15, 0.2) is 6.29 Å². The van der Waals surface area contributed by atoms with E-state index in [4.69, 9.17) is 14.6 Å². The van der Waals surface area contributed by atoms with E-state index in [0.29, 0.717) is 17.7 Å². The van der Waals surface area contributed by atoms with E-state index in [1.165, 1.54) is 0 Å². The molecule has 4 nitrogen and oxygen atoms in total. The molecule has 12 heavy (non-hydrogen) atoms. The van der Waals surface area contributed by atoms with Crippen LogP contribution in [0.25, 0.3) is 0 Å². The summed E-state index contributed by atoms with van der Waals surface area (Å²) in [6.07, 6.45) is -0.588. The maximum atomic E-state index is 10.5. The molecule has 0 amide bonds. The molecule has 1 heterocycles. The lowest BCUT2D eigenvalue weighted by Crippen LogP contribution is -2.10. The van der Waals surface area contributed by atoms with E-state index in [0.717, 1.165) is 0 Å². The van der Waals surface area contributed by atoms with Gasteiger partial charge in [-0.25, -0.2) is 4.79 Å². The number of aliphatic carboxylic acids is 1. The fraction of sp³-hybridized carbons (Fsp3) is 0.500. The fourth-order valence-electron chi connectivity index (χ4n) is 0.710. The van der Waals surface area contributed by atoms with Crippen molar-refractivity contribution in [3.63, 3.8) is 0 Å². The van der Waals surface area contributed by atoms with Gasteiger partial charge in [-0.2, -0.15) is 0 Å². The lowest BCUT2D eigenvalue weighted by atomic mass is 10.5. The van der Waals surface area contributed by atoms with Gasteiger partial charge in [-0.15, -0.1) is 0 Å². The van der Waals surface area contributed by atoms with Gasteiger partial charge < -0.3 is 14.6 Å². The molecular formula is C6H6Br2O4. The average Bonchev–Trinajstić information content (AvgIpc) is 2.53. The van der Waals surface area contributed by atoms with Gasteiger partial charge in [0.1, 0.15) is 4.48 Å². The molecule has 0 radical (unpaired) electrons. The van der Waals surface area contributed by atoms with Gasteiger partial charge in [-0.05, 0) is 31.9 Å². The Morgan fingerprint density at radius 1 is 1.33 bits per heavy atom. The summed E-state index contributed by atoms with van der Waals surface area (Å²) in [5.74, 6) is -1.05. The largest absolute Gasteiger partial charge is 0.477 e. The minimum atomic E-state index is -1.05. The van der Waals surface area contributed by atoms with Crippen molar-refractivity contribution in [1.29, 1.82) is 0 Å². The van der Waals surface area contributed by atoms with Crippen LogP contribution in [0.3, 0.4) is 0 Å². The third-order valence-electron chi connectivity index (χ3n) is 1.23. The van der Waals surface area contributed by atoms with E-state index in [-0.39, 0.29) is 4.48 Å². The Morgan fingerprint density at radius 2 is 1.83 bits per heavy atom. The first-order chi connectivity index (χ1) is 5.63. The number of hydrogen-bond acceptors (Lipinski definition) is 3. The molecule has 1 fully saturated rings. The van der Waals surface area contributed by atoms with Crippen LogP contribution in [0.2, 0.25) is 0 Å². The van der Waals surface area contributed by atoms with Crippen LogP contribution in [-0.4, -0.2) is 30.6 Å². The third-order valence-corrected chi connectivity index (χ3v) is 3.29. The predicted octanol–water partition coefficient (Wildman–Crippen LogP) is 1.45. The highest BCUT2D eigenvalue weighted by Gasteiger charge is 2.23. The number of carboxylic acids is 1. The van der Waals surface area contributed by atoms with Crippen LogP contribution in [0.15, 0.2) is 8.96 Å². The van der Waals surface area contributed by atoms with E-state index in [2.05, 4.69) is 31.9 Å². The average molecular weight is 302 g/mol. The van der Waals surface area contributed by atoms with Gasteiger partial charge in [-0.3, -0.25) is 0 Å². The van der Waals surface area contributed by atoms with E-state index in [1.54, 1.807) is 0 Å². The molecule has 0 saturated carbocycles. The molecule has 0 aromatic carbocycles. The zero-order chi connectivity index (χ0) is 9.14. The summed E-state index contributed by atoms with van der Waals surface area (Å²) in [6, 6.07) is 0. The summed E-state index contributed by atoms with van der Waals surface area (Å²) in [5, 5.41) is 8.57. The van der Waals surface area contributed by atoms with Gasteiger partial charge >= 0.3 is 5.97 Å². The van der Waals surface area contributed by atoms with Crippen molar-refractivity contribution in [2.45, 2.75) is 6.29 Å². The van der Waals surface area contributed by atoms with Gasteiger partial charge in [0.05, 0.1) is 17.7 Å². The second kappa shape index (κ2) is 4.36. The number of ether oxygens (including phenoxy) is 2. The molecular weight excluding hydrogens is 296 g/mol. The normalized spacial score (nSPS) is 20.8. The quantitative estimate of drug-likeness (QED) is 0.784.